The Bertz CT molecular complexity index is 1240. The highest BCUT2D eigenvalue weighted by molar-refractivity contribution is 6.31. The van der Waals surface area contributed by atoms with Crippen LogP contribution in [0.2, 0.25) is 5.02 Å². The lowest BCUT2D eigenvalue weighted by Gasteiger charge is -2.18. The summed E-state index contributed by atoms with van der Waals surface area (Å²) in [6.07, 6.45) is 1.69. The van der Waals surface area contributed by atoms with Crippen molar-refractivity contribution in [3.63, 3.8) is 0 Å². The zero-order valence-corrected chi connectivity index (χ0v) is 16.6. The van der Waals surface area contributed by atoms with Gasteiger partial charge in [-0.2, -0.15) is 5.10 Å². The fraction of sp³-hybridized carbons (Fsp3) is 0.0870. The van der Waals surface area contributed by atoms with Crippen LogP contribution in [-0.4, -0.2) is 29.4 Å². The first kappa shape index (κ1) is 18.4. The maximum Gasteiger partial charge on any atom is 0.244 e. The molecular formula is C23H17ClN4O2. The first-order valence-electron chi connectivity index (χ1n) is 9.48. The van der Waals surface area contributed by atoms with Crippen molar-refractivity contribution in [1.82, 2.24) is 9.97 Å². The zero-order valence-electron chi connectivity index (χ0n) is 15.9. The molecule has 0 atom stereocenters. The summed E-state index contributed by atoms with van der Waals surface area (Å²) in [5.41, 5.74) is 6.36. The fourth-order valence-corrected chi connectivity index (χ4v) is 3.44. The van der Waals surface area contributed by atoms with Gasteiger partial charge in [0.25, 0.3) is 0 Å². The van der Waals surface area contributed by atoms with Gasteiger partial charge < -0.3 is 9.47 Å². The lowest BCUT2D eigenvalue weighted by molar-refractivity contribution is 0.171. The first-order valence-corrected chi connectivity index (χ1v) is 9.85. The average molecular weight is 417 g/mol. The number of halogens is 1. The van der Waals surface area contributed by atoms with Gasteiger partial charge in [0.05, 0.1) is 17.4 Å². The van der Waals surface area contributed by atoms with Crippen molar-refractivity contribution in [2.75, 3.05) is 18.6 Å². The van der Waals surface area contributed by atoms with E-state index in [1.807, 2.05) is 66.7 Å². The van der Waals surface area contributed by atoms with Crippen LogP contribution in [0, 0.1) is 0 Å². The van der Waals surface area contributed by atoms with Crippen LogP contribution in [0.3, 0.4) is 0 Å². The second-order valence-electron chi connectivity index (χ2n) is 6.70. The molecule has 0 radical (unpaired) electrons. The van der Waals surface area contributed by atoms with Crippen molar-refractivity contribution in [2.45, 2.75) is 0 Å². The Labute approximate surface area is 178 Å². The third kappa shape index (κ3) is 3.77. The first-order chi connectivity index (χ1) is 14.8. The molecule has 3 aromatic carbocycles. The molecule has 0 saturated heterocycles. The molecule has 6 nitrogen and oxygen atoms in total. The van der Waals surface area contributed by atoms with E-state index < -0.39 is 0 Å². The SMILES string of the molecule is Clc1ccc2nc(NN=Cc3ccc4c(c3)OCCO4)nc(-c3ccccc3)c2c1. The van der Waals surface area contributed by atoms with Crippen LogP contribution >= 0.6 is 11.6 Å². The molecule has 0 spiro atoms. The van der Waals surface area contributed by atoms with Crippen molar-refractivity contribution >= 4 is 34.7 Å². The van der Waals surface area contributed by atoms with Gasteiger partial charge in [0.15, 0.2) is 11.5 Å². The van der Waals surface area contributed by atoms with Crippen molar-refractivity contribution in [3.8, 4) is 22.8 Å². The van der Waals surface area contributed by atoms with Crippen LogP contribution in [0.5, 0.6) is 11.5 Å². The number of nitrogens with one attached hydrogen (secondary N) is 1. The Kier molecular flexibility index (Phi) is 4.91. The zero-order chi connectivity index (χ0) is 20.3. The van der Waals surface area contributed by atoms with E-state index in [2.05, 4.69) is 20.5 Å². The smallest absolute Gasteiger partial charge is 0.244 e. The predicted molar refractivity (Wildman–Crippen MR) is 119 cm³/mol. The Balaban J connectivity index is 1.46. The van der Waals surface area contributed by atoms with Crippen LogP contribution in [-0.2, 0) is 0 Å². The minimum atomic E-state index is 0.400. The number of ether oxygens (including phenoxy) is 2. The monoisotopic (exact) mass is 416 g/mol. The van der Waals surface area contributed by atoms with Crippen LogP contribution in [0.25, 0.3) is 22.2 Å². The van der Waals surface area contributed by atoms with E-state index in [1.165, 1.54) is 0 Å². The molecule has 0 amide bonds. The molecule has 0 aliphatic carbocycles. The molecule has 1 aliphatic rings. The quantitative estimate of drug-likeness (QED) is 0.367. The normalized spacial score (nSPS) is 13.0. The Morgan fingerprint density at radius 1 is 0.900 bits per heavy atom. The Morgan fingerprint density at radius 3 is 2.60 bits per heavy atom. The summed E-state index contributed by atoms with van der Waals surface area (Å²) in [5, 5.41) is 5.82. The highest BCUT2D eigenvalue weighted by Gasteiger charge is 2.12. The van der Waals surface area contributed by atoms with Crippen LogP contribution in [0.15, 0.2) is 71.8 Å². The number of nitrogens with zero attached hydrogens (tertiary/aromatic N) is 3. The molecule has 0 saturated carbocycles. The summed E-state index contributed by atoms with van der Waals surface area (Å²) >= 11 is 6.21. The van der Waals surface area contributed by atoms with Gasteiger partial charge in [-0.3, -0.25) is 0 Å². The molecule has 1 aliphatic heterocycles. The van der Waals surface area contributed by atoms with E-state index in [9.17, 15) is 0 Å². The van der Waals surface area contributed by atoms with Gasteiger partial charge >= 0.3 is 0 Å². The lowest BCUT2D eigenvalue weighted by atomic mass is 10.1. The number of hydrogen-bond acceptors (Lipinski definition) is 6. The number of fused-ring (bicyclic) bond motifs is 2. The maximum absolute atomic E-state index is 6.21. The second kappa shape index (κ2) is 8.00. The average Bonchev–Trinajstić information content (AvgIpc) is 2.79. The molecule has 2 heterocycles. The highest BCUT2D eigenvalue weighted by atomic mass is 35.5. The lowest BCUT2D eigenvalue weighted by Crippen LogP contribution is -2.15. The number of anilines is 1. The Morgan fingerprint density at radius 2 is 1.73 bits per heavy atom. The van der Waals surface area contributed by atoms with E-state index in [0.29, 0.717) is 24.2 Å². The van der Waals surface area contributed by atoms with Gasteiger partial charge in [-0.15, -0.1) is 0 Å². The van der Waals surface area contributed by atoms with E-state index in [0.717, 1.165) is 39.2 Å². The maximum atomic E-state index is 6.21. The van der Waals surface area contributed by atoms with Gasteiger partial charge in [-0.1, -0.05) is 41.9 Å². The molecule has 7 heteroatoms. The van der Waals surface area contributed by atoms with Gasteiger partial charge in [-0.25, -0.2) is 15.4 Å². The Hall–Kier alpha value is -3.64. The van der Waals surface area contributed by atoms with E-state index in [1.54, 1.807) is 6.21 Å². The van der Waals surface area contributed by atoms with Crippen LogP contribution in [0.4, 0.5) is 5.95 Å². The molecule has 5 rings (SSSR count). The summed E-state index contributed by atoms with van der Waals surface area (Å²) in [5.74, 6) is 1.86. The van der Waals surface area contributed by atoms with E-state index in [-0.39, 0.29) is 0 Å². The molecule has 0 fully saturated rings. The number of rotatable bonds is 4. The second-order valence-corrected chi connectivity index (χ2v) is 7.13. The molecule has 1 aromatic heterocycles. The van der Waals surface area contributed by atoms with E-state index in [4.69, 9.17) is 21.1 Å². The van der Waals surface area contributed by atoms with Gasteiger partial charge in [0, 0.05) is 16.0 Å². The third-order valence-electron chi connectivity index (χ3n) is 4.65. The molecule has 4 aromatic rings. The fourth-order valence-electron chi connectivity index (χ4n) is 3.27. The van der Waals surface area contributed by atoms with Crippen molar-refractivity contribution in [1.29, 1.82) is 0 Å². The largest absolute Gasteiger partial charge is 0.486 e. The number of hydrogen-bond donors (Lipinski definition) is 1. The molecule has 0 bridgehead atoms. The minimum absolute atomic E-state index is 0.400. The van der Waals surface area contributed by atoms with Crippen LogP contribution < -0.4 is 14.9 Å². The standard InChI is InChI=1S/C23H17ClN4O2/c24-17-7-8-19-18(13-17)22(16-4-2-1-3-5-16)27-23(26-19)28-25-14-15-6-9-20-21(12-15)30-11-10-29-20/h1-9,12-14H,10-11H2,(H,26,27,28). The summed E-state index contributed by atoms with van der Waals surface area (Å²) in [7, 11) is 0. The van der Waals surface area contributed by atoms with Crippen molar-refractivity contribution in [3.05, 3.63) is 77.3 Å². The number of hydrazone groups is 1. The van der Waals surface area contributed by atoms with E-state index >= 15 is 0 Å². The topological polar surface area (TPSA) is 68.6 Å². The molecule has 1 N–H and O–H groups in total. The van der Waals surface area contributed by atoms with Crippen molar-refractivity contribution in [2.24, 2.45) is 5.10 Å². The third-order valence-corrected chi connectivity index (χ3v) is 4.88. The van der Waals surface area contributed by atoms with Gasteiger partial charge in [0.1, 0.15) is 13.2 Å². The summed E-state index contributed by atoms with van der Waals surface area (Å²) in [4.78, 5) is 9.24. The predicted octanol–water partition coefficient (Wildman–Crippen LogP) is 5.17. The molecular weight excluding hydrogens is 400 g/mol. The molecule has 0 unspecified atom stereocenters. The van der Waals surface area contributed by atoms with Gasteiger partial charge in [-0.05, 0) is 42.0 Å². The molecule has 148 valence electrons. The number of aromatic nitrogens is 2. The number of benzene rings is 3. The molecule has 30 heavy (non-hydrogen) atoms. The van der Waals surface area contributed by atoms with Gasteiger partial charge in [0.2, 0.25) is 5.95 Å². The van der Waals surface area contributed by atoms with Crippen molar-refractivity contribution < 1.29 is 9.47 Å². The highest BCUT2D eigenvalue weighted by Crippen LogP contribution is 2.31. The summed E-state index contributed by atoms with van der Waals surface area (Å²) in [6.45, 7) is 1.11. The summed E-state index contributed by atoms with van der Waals surface area (Å²) < 4.78 is 11.2. The summed E-state index contributed by atoms with van der Waals surface area (Å²) in [6, 6.07) is 21.2. The minimum Gasteiger partial charge on any atom is -0.486 e. The van der Waals surface area contributed by atoms with Crippen LogP contribution in [0.1, 0.15) is 5.56 Å².